The van der Waals surface area contributed by atoms with Gasteiger partial charge in [-0.15, -0.1) is 0 Å². The number of aromatic nitrogens is 2. The molecule has 1 aromatic heterocycles. The van der Waals surface area contributed by atoms with Crippen LogP contribution in [0.1, 0.15) is 18.3 Å². The van der Waals surface area contributed by atoms with E-state index in [9.17, 15) is 8.42 Å². The Morgan fingerprint density at radius 1 is 1.47 bits per heavy atom. The number of rotatable bonds is 5. The Labute approximate surface area is 111 Å². The van der Waals surface area contributed by atoms with Crippen molar-refractivity contribution in [2.24, 2.45) is 13.0 Å². The monoisotopic (exact) mass is 323 g/mol. The van der Waals surface area contributed by atoms with Gasteiger partial charge < -0.3 is 0 Å². The Morgan fingerprint density at radius 3 is 2.47 bits per heavy atom. The average Bonchev–Trinajstić information content (AvgIpc) is 2.50. The van der Waals surface area contributed by atoms with Crippen molar-refractivity contribution in [1.82, 2.24) is 14.5 Å². The second-order valence-electron chi connectivity index (χ2n) is 4.23. The molecule has 5 nitrogen and oxygen atoms in total. The van der Waals surface area contributed by atoms with Gasteiger partial charge in [0, 0.05) is 18.9 Å². The Kier molecular flexibility index (Phi) is 4.74. The first kappa shape index (κ1) is 14.7. The maximum absolute atomic E-state index is 12.1. The van der Waals surface area contributed by atoms with E-state index in [0.717, 1.165) is 5.33 Å². The molecular weight excluding hydrogens is 306 g/mol. The van der Waals surface area contributed by atoms with E-state index in [4.69, 9.17) is 0 Å². The molecule has 7 heteroatoms. The number of halogens is 1. The van der Waals surface area contributed by atoms with Gasteiger partial charge in [0.05, 0.1) is 11.4 Å². The van der Waals surface area contributed by atoms with Crippen molar-refractivity contribution >= 4 is 26.0 Å². The summed E-state index contributed by atoms with van der Waals surface area (Å²) >= 11 is 3.32. The van der Waals surface area contributed by atoms with Gasteiger partial charge in [0.2, 0.25) is 10.0 Å². The molecule has 0 aromatic carbocycles. The van der Waals surface area contributed by atoms with Gasteiger partial charge in [-0.1, -0.05) is 22.9 Å². The molecule has 1 unspecified atom stereocenters. The van der Waals surface area contributed by atoms with Crippen LogP contribution in [0.15, 0.2) is 4.90 Å². The van der Waals surface area contributed by atoms with Gasteiger partial charge in [-0.3, -0.25) is 4.68 Å². The van der Waals surface area contributed by atoms with Crippen LogP contribution in [0.25, 0.3) is 0 Å². The second-order valence-corrected chi connectivity index (χ2v) is 6.59. The highest BCUT2D eigenvalue weighted by atomic mass is 79.9. The Bertz CT molecular complexity index is 496. The molecule has 1 atom stereocenters. The van der Waals surface area contributed by atoms with Crippen molar-refractivity contribution in [3.8, 4) is 0 Å². The van der Waals surface area contributed by atoms with E-state index in [-0.39, 0.29) is 5.92 Å². The predicted molar refractivity (Wildman–Crippen MR) is 70.8 cm³/mol. The quantitative estimate of drug-likeness (QED) is 0.832. The molecule has 0 saturated carbocycles. The normalized spacial score (nSPS) is 13.9. The summed E-state index contributed by atoms with van der Waals surface area (Å²) in [6, 6.07) is 0. The summed E-state index contributed by atoms with van der Waals surface area (Å²) in [6.45, 7) is 5.85. The number of nitrogens with zero attached hydrogens (tertiary/aromatic N) is 2. The summed E-state index contributed by atoms with van der Waals surface area (Å²) in [5, 5.41) is 4.88. The standard InChI is InChI=1S/C10H18BrN3O2S/c1-7(5-11)6-12-17(15,16)10-8(2)13-14(4)9(10)3/h7,12H,5-6H2,1-4H3. The van der Waals surface area contributed by atoms with Crippen LogP contribution in [0, 0.1) is 19.8 Å². The van der Waals surface area contributed by atoms with Crippen LogP contribution in [-0.2, 0) is 17.1 Å². The van der Waals surface area contributed by atoms with Crippen LogP contribution in [0.2, 0.25) is 0 Å². The maximum Gasteiger partial charge on any atom is 0.244 e. The van der Waals surface area contributed by atoms with Crippen molar-refractivity contribution in [3.63, 3.8) is 0 Å². The zero-order chi connectivity index (χ0) is 13.2. The van der Waals surface area contributed by atoms with Gasteiger partial charge >= 0.3 is 0 Å². The molecule has 98 valence electrons. The minimum atomic E-state index is -3.46. The van der Waals surface area contributed by atoms with Gasteiger partial charge in [0.25, 0.3) is 0 Å². The molecule has 0 amide bonds. The zero-order valence-electron chi connectivity index (χ0n) is 10.5. The van der Waals surface area contributed by atoms with Gasteiger partial charge in [-0.2, -0.15) is 5.10 Å². The van der Waals surface area contributed by atoms with E-state index in [1.807, 2.05) is 6.92 Å². The number of hydrogen-bond acceptors (Lipinski definition) is 3. The SMILES string of the molecule is Cc1nn(C)c(C)c1S(=O)(=O)NCC(C)CBr. The third-order valence-corrected chi connectivity index (χ3v) is 5.38. The maximum atomic E-state index is 12.1. The molecule has 0 aliphatic rings. The molecular formula is C10H18BrN3O2S. The first-order valence-electron chi connectivity index (χ1n) is 5.35. The van der Waals surface area contributed by atoms with Crippen molar-refractivity contribution in [2.75, 3.05) is 11.9 Å². The van der Waals surface area contributed by atoms with E-state index < -0.39 is 10.0 Å². The molecule has 1 N–H and O–H groups in total. The van der Waals surface area contributed by atoms with Crippen LogP contribution in [0.4, 0.5) is 0 Å². The van der Waals surface area contributed by atoms with Crippen molar-refractivity contribution < 1.29 is 8.42 Å². The van der Waals surface area contributed by atoms with Crippen LogP contribution in [0.5, 0.6) is 0 Å². The Balaban J connectivity index is 2.98. The number of hydrogen-bond donors (Lipinski definition) is 1. The molecule has 0 bridgehead atoms. The van der Waals surface area contributed by atoms with E-state index in [1.54, 1.807) is 25.6 Å². The molecule has 17 heavy (non-hydrogen) atoms. The lowest BCUT2D eigenvalue weighted by molar-refractivity contribution is 0.562. The fourth-order valence-corrected chi connectivity index (χ4v) is 3.35. The van der Waals surface area contributed by atoms with Crippen LogP contribution in [0.3, 0.4) is 0 Å². The largest absolute Gasteiger partial charge is 0.271 e. The fraction of sp³-hybridized carbons (Fsp3) is 0.700. The number of aryl methyl sites for hydroxylation is 2. The highest BCUT2D eigenvalue weighted by Crippen LogP contribution is 2.18. The van der Waals surface area contributed by atoms with Crippen LogP contribution >= 0.6 is 15.9 Å². The molecule has 1 rings (SSSR count). The molecule has 0 aliphatic carbocycles. The number of alkyl halides is 1. The summed E-state index contributed by atoms with van der Waals surface area (Å²) < 4.78 is 28.4. The van der Waals surface area contributed by atoms with Crippen LogP contribution < -0.4 is 4.72 Å². The first-order valence-corrected chi connectivity index (χ1v) is 7.96. The van der Waals surface area contributed by atoms with Crippen molar-refractivity contribution in [3.05, 3.63) is 11.4 Å². The van der Waals surface area contributed by atoms with Gasteiger partial charge in [0.1, 0.15) is 4.90 Å². The van der Waals surface area contributed by atoms with Crippen molar-refractivity contribution in [1.29, 1.82) is 0 Å². The summed E-state index contributed by atoms with van der Waals surface area (Å²) in [4.78, 5) is 0.293. The van der Waals surface area contributed by atoms with Gasteiger partial charge in [-0.25, -0.2) is 13.1 Å². The van der Waals surface area contributed by atoms with E-state index in [2.05, 4.69) is 25.8 Å². The lowest BCUT2D eigenvalue weighted by atomic mass is 10.2. The summed E-state index contributed by atoms with van der Waals surface area (Å²) in [7, 11) is -1.72. The number of nitrogens with one attached hydrogen (secondary N) is 1. The molecule has 1 heterocycles. The minimum Gasteiger partial charge on any atom is -0.271 e. The molecule has 0 aliphatic heterocycles. The fourth-order valence-electron chi connectivity index (χ4n) is 1.52. The smallest absolute Gasteiger partial charge is 0.244 e. The lowest BCUT2D eigenvalue weighted by Gasteiger charge is -2.10. The van der Waals surface area contributed by atoms with Gasteiger partial charge in [-0.05, 0) is 19.8 Å². The van der Waals surface area contributed by atoms with Crippen LogP contribution in [-0.4, -0.2) is 30.1 Å². The third kappa shape index (κ3) is 3.29. The molecule has 0 spiro atoms. The average molecular weight is 324 g/mol. The minimum absolute atomic E-state index is 0.252. The molecule has 0 fully saturated rings. The van der Waals surface area contributed by atoms with E-state index in [1.165, 1.54) is 0 Å². The zero-order valence-corrected chi connectivity index (χ0v) is 12.9. The van der Waals surface area contributed by atoms with Gasteiger partial charge in [0.15, 0.2) is 0 Å². The Morgan fingerprint density at radius 2 is 2.06 bits per heavy atom. The second kappa shape index (κ2) is 5.49. The summed E-state index contributed by atoms with van der Waals surface area (Å²) in [6.07, 6.45) is 0. The van der Waals surface area contributed by atoms with Crippen molar-refractivity contribution in [2.45, 2.75) is 25.7 Å². The summed E-state index contributed by atoms with van der Waals surface area (Å²) in [5.74, 6) is 0.252. The van der Waals surface area contributed by atoms with E-state index >= 15 is 0 Å². The highest BCUT2D eigenvalue weighted by Gasteiger charge is 2.23. The number of sulfonamides is 1. The first-order chi connectivity index (χ1) is 7.79. The third-order valence-electron chi connectivity index (χ3n) is 2.60. The summed E-state index contributed by atoms with van der Waals surface area (Å²) in [5.41, 5.74) is 1.19. The lowest BCUT2D eigenvalue weighted by Crippen LogP contribution is -2.29. The molecule has 0 saturated heterocycles. The molecule has 0 radical (unpaired) electrons. The molecule has 1 aromatic rings. The predicted octanol–water partition coefficient (Wildman–Crippen LogP) is 1.35. The topological polar surface area (TPSA) is 64.0 Å². The highest BCUT2D eigenvalue weighted by molar-refractivity contribution is 9.09. The van der Waals surface area contributed by atoms with E-state index in [0.29, 0.717) is 22.8 Å². The Hall–Kier alpha value is -0.400.